The highest BCUT2D eigenvalue weighted by Gasteiger charge is 2.12. The van der Waals surface area contributed by atoms with E-state index in [1.165, 1.54) is 10.7 Å². The van der Waals surface area contributed by atoms with Gasteiger partial charge in [0.2, 0.25) is 0 Å². The predicted molar refractivity (Wildman–Crippen MR) is 43.3 cm³/mol. The molecule has 0 amide bonds. The lowest BCUT2D eigenvalue weighted by Gasteiger charge is -1.93. The van der Waals surface area contributed by atoms with E-state index in [1.54, 1.807) is 7.05 Å². The van der Waals surface area contributed by atoms with E-state index in [4.69, 9.17) is 5.73 Å². The van der Waals surface area contributed by atoms with E-state index >= 15 is 0 Å². The van der Waals surface area contributed by atoms with Crippen molar-refractivity contribution in [2.75, 3.05) is 0 Å². The van der Waals surface area contributed by atoms with Crippen LogP contribution in [-0.4, -0.2) is 9.78 Å². The first-order valence-electron chi connectivity index (χ1n) is 3.16. The van der Waals surface area contributed by atoms with Crippen molar-refractivity contribution in [2.45, 2.75) is 13.0 Å². The summed E-state index contributed by atoms with van der Waals surface area (Å²) in [6.07, 6.45) is -2.51. The summed E-state index contributed by atoms with van der Waals surface area (Å²) >= 11 is 0. The average Bonchev–Trinajstić information content (AvgIpc) is 2.31. The van der Waals surface area contributed by atoms with Crippen LogP contribution >= 0.6 is 12.4 Å². The molecule has 2 N–H and O–H groups in total. The topological polar surface area (TPSA) is 43.8 Å². The van der Waals surface area contributed by atoms with E-state index < -0.39 is 6.43 Å². The Bertz CT molecular complexity index is 249. The molecule has 70 valence electrons. The highest BCUT2D eigenvalue weighted by Crippen LogP contribution is 2.17. The van der Waals surface area contributed by atoms with Crippen LogP contribution in [0.25, 0.3) is 0 Å². The van der Waals surface area contributed by atoms with Crippen molar-refractivity contribution in [2.24, 2.45) is 12.8 Å². The number of rotatable bonds is 2. The van der Waals surface area contributed by atoms with Crippen molar-refractivity contribution in [3.05, 3.63) is 17.5 Å². The number of nitrogens with zero attached hydrogens (tertiary/aromatic N) is 2. The van der Waals surface area contributed by atoms with Gasteiger partial charge in [-0.2, -0.15) is 5.10 Å². The molecule has 1 aromatic heterocycles. The SMILES string of the molecule is Cl.Cn1nc(C(F)F)cc1CN. The largest absolute Gasteiger partial charge is 0.325 e. The molecule has 0 bridgehead atoms. The average molecular weight is 198 g/mol. The molecular weight excluding hydrogens is 188 g/mol. The summed E-state index contributed by atoms with van der Waals surface area (Å²) in [6.45, 7) is 0.232. The van der Waals surface area contributed by atoms with Gasteiger partial charge < -0.3 is 5.73 Å². The smallest absolute Gasteiger partial charge is 0.282 e. The highest BCUT2D eigenvalue weighted by atomic mass is 35.5. The zero-order valence-electron chi connectivity index (χ0n) is 6.50. The van der Waals surface area contributed by atoms with E-state index in [9.17, 15) is 8.78 Å². The van der Waals surface area contributed by atoms with Crippen LogP contribution in [0.3, 0.4) is 0 Å². The highest BCUT2D eigenvalue weighted by molar-refractivity contribution is 5.85. The lowest BCUT2D eigenvalue weighted by atomic mass is 10.3. The van der Waals surface area contributed by atoms with E-state index in [-0.39, 0.29) is 24.6 Å². The van der Waals surface area contributed by atoms with Crippen LogP contribution in [0.1, 0.15) is 17.8 Å². The summed E-state index contributed by atoms with van der Waals surface area (Å²) in [7, 11) is 1.59. The molecule has 0 aliphatic rings. The van der Waals surface area contributed by atoms with Gasteiger partial charge in [-0.15, -0.1) is 12.4 Å². The number of hydrogen-bond acceptors (Lipinski definition) is 2. The minimum atomic E-state index is -2.51. The van der Waals surface area contributed by atoms with Crippen molar-refractivity contribution < 1.29 is 8.78 Å². The van der Waals surface area contributed by atoms with E-state index in [0.29, 0.717) is 5.69 Å². The van der Waals surface area contributed by atoms with Gasteiger partial charge in [0.05, 0.1) is 5.69 Å². The summed E-state index contributed by atoms with van der Waals surface area (Å²) < 4.78 is 25.3. The van der Waals surface area contributed by atoms with Gasteiger partial charge in [0, 0.05) is 13.6 Å². The van der Waals surface area contributed by atoms with Crippen LogP contribution in [-0.2, 0) is 13.6 Å². The van der Waals surface area contributed by atoms with E-state index in [0.717, 1.165) is 0 Å². The number of alkyl halides is 2. The molecule has 0 fully saturated rings. The molecule has 0 saturated heterocycles. The number of halogens is 3. The first-order valence-corrected chi connectivity index (χ1v) is 3.16. The molecule has 0 atom stereocenters. The Morgan fingerprint density at radius 1 is 1.67 bits per heavy atom. The van der Waals surface area contributed by atoms with Crippen molar-refractivity contribution in [3.8, 4) is 0 Å². The van der Waals surface area contributed by atoms with E-state index in [1.807, 2.05) is 0 Å². The summed E-state index contributed by atoms with van der Waals surface area (Å²) in [4.78, 5) is 0. The molecule has 6 heteroatoms. The first kappa shape index (κ1) is 11.3. The van der Waals surface area contributed by atoms with Crippen LogP contribution in [0.5, 0.6) is 0 Å². The Balaban J connectivity index is 0.00000121. The van der Waals surface area contributed by atoms with Crippen molar-refractivity contribution in [1.29, 1.82) is 0 Å². The molecule has 0 aliphatic carbocycles. The number of aryl methyl sites for hydroxylation is 1. The third-order valence-corrected chi connectivity index (χ3v) is 1.43. The van der Waals surface area contributed by atoms with Crippen molar-refractivity contribution >= 4 is 12.4 Å². The van der Waals surface area contributed by atoms with Gasteiger partial charge in [-0.25, -0.2) is 8.78 Å². The molecule has 0 aromatic carbocycles. The Labute approximate surface area is 75.0 Å². The van der Waals surface area contributed by atoms with Gasteiger partial charge in [-0.3, -0.25) is 4.68 Å². The summed E-state index contributed by atoms with van der Waals surface area (Å²) in [5.74, 6) is 0. The molecule has 1 rings (SSSR count). The van der Waals surface area contributed by atoms with Crippen LogP contribution in [0, 0.1) is 0 Å². The Morgan fingerprint density at radius 2 is 2.25 bits per heavy atom. The molecule has 0 aliphatic heterocycles. The first-order chi connectivity index (χ1) is 5.15. The maximum atomic E-state index is 12.0. The molecule has 0 spiro atoms. The zero-order valence-corrected chi connectivity index (χ0v) is 7.31. The van der Waals surface area contributed by atoms with Crippen LogP contribution < -0.4 is 5.73 Å². The van der Waals surface area contributed by atoms with Gasteiger partial charge >= 0.3 is 0 Å². The second kappa shape index (κ2) is 4.37. The monoisotopic (exact) mass is 197 g/mol. The lowest BCUT2D eigenvalue weighted by molar-refractivity contribution is 0.145. The molecule has 1 heterocycles. The maximum absolute atomic E-state index is 12.0. The van der Waals surface area contributed by atoms with Gasteiger partial charge in [0.1, 0.15) is 5.69 Å². The zero-order chi connectivity index (χ0) is 8.43. The quantitative estimate of drug-likeness (QED) is 0.775. The Hall–Kier alpha value is -0.680. The molecule has 0 unspecified atom stereocenters. The van der Waals surface area contributed by atoms with E-state index in [2.05, 4.69) is 5.10 Å². The van der Waals surface area contributed by atoms with Gasteiger partial charge in [0.25, 0.3) is 6.43 Å². The summed E-state index contributed by atoms with van der Waals surface area (Å²) in [6, 6.07) is 1.31. The fourth-order valence-electron chi connectivity index (χ4n) is 0.828. The van der Waals surface area contributed by atoms with Crippen LogP contribution in [0.15, 0.2) is 6.07 Å². The standard InChI is InChI=1S/C6H9F2N3.ClH/c1-11-4(3-9)2-5(10-11)6(7)8;/h2,6H,3,9H2,1H3;1H. The summed E-state index contributed by atoms with van der Waals surface area (Å²) in [5.41, 5.74) is 5.65. The third kappa shape index (κ3) is 2.15. The van der Waals surface area contributed by atoms with Crippen molar-refractivity contribution in [1.82, 2.24) is 9.78 Å². The molecule has 3 nitrogen and oxygen atoms in total. The normalized spacial score (nSPS) is 10.1. The second-order valence-corrected chi connectivity index (χ2v) is 2.19. The molecule has 12 heavy (non-hydrogen) atoms. The minimum absolute atomic E-state index is 0. The van der Waals surface area contributed by atoms with Gasteiger partial charge in [0.15, 0.2) is 0 Å². The van der Waals surface area contributed by atoms with Crippen LogP contribution in [0.4, 0.5) is 8.78 Å². The maximum Gasteiger partial charge on any atom is 0.282 e. The van der Waals surface area contributed by atoms with Gasteiger partial charge in [-0.1, -0.05) is 0 Å². The number of nitrogens with two attached hydrogens (primary N) is 1. The fourth-order valence-corrected chi connectivity index (χ4v) is 0.828. The molecule has 1 aromatic rings. The van der Waals surface area contributed by atoms with Crippen molar-refractivity contribution in [3.63, 3.8) is 0 Å². The molecular formula is C6H10ClF2N3. The number of hydrogen-bond donors (Lipinski definition) is 1. The summed E-state index contributed by atoms with van der Waals surface area (Å²) in [5, 5.41) is 3.57. The molecule has 0 radical (unpaired) electrons. The molecule has 0 saturated carbocycles. The Morgan fingerprint density at radius 3 is 2.50 bits per heavy atom. The Kier molecular flexibility index (Phi) is 4.12. The fraction of sp³-hybridized carbons (Fsp3) is 0.500. The second-order valence-electron chi connectivity index (χ2n) is 2.19. The minimum Gasteiger partial charge on any atom is -0.325 e. The number of aromatic nitrogens is 2. The van der Waals surface area contributed by atoms with Crippen LogP contribution in [0.2, 0.25) is 0 Å². The van der Waals surface area contributed by atoms with Gasteiger partial charge in [-0.05, 0) is 6.07 Å². The third-order valence-electron chi connectivity index (χ3n) is 1.43. The predicted octanol–water partition coefficient (Wildman–Crippen LogP) is 1.24. The lowest BCUT2D eigenvalue weighted by Crippen LogP contribution is -2.03.